The summed E-state index contributed by atoms with van der Waals surface area (Å²) in [6.07, 6.45) is 0. The van der Waals surface area contributed by atoms with E-state index >= 15 is 0 Å². The van der Waals surface area contributed by atoms with E-state index in [1.54, 1.807) is 0 Å². The molecule has 5 heteroatoms. The number of hydrogen-bond donors (Lipinski definition) is 0. The molecule has 0 aliphatic carbocycles. The van der Waals surface area contributed by atoms with Crippen LogP contribution in [-0.4, -0.2) is 52.2 Å². The van der Waals surface area contributed by atoms with E-state index in [-0.39, 0.29) is 48.3 Å². The van der Waals surface area contributed by atoms with Crippen LogP contribution in [0.2, 0.25) is 0 Å². The molecule has 30 valence electrons. The molecule has 0 saturated heterocycles. The maximum absolute atomic E-state index is 3.38. The zero-order chi connectivity index (χ0) is 3.54. The van der Waals surface area contributed by atoms with Gasteiger partial charge in [-0.2, -0.15) is 0 Å². The molecular weight excluding hydrogens is 156 g/mol. The first-order valence-corrected chi connectivity index (χ1v) is 1.23. The van der Waals surface area contributed by atoms with Gasteiger partial charge in [0, 0.05) is 0 Å². The minimum Gasteiger partial charge on any atom is -1.00 e. The fourth-order valence-electron chi connectivity index (χ4n) is 0.141. The largest absolute Gasteiger partial charge is 2.00 e. The van der Waals surface area contributed by atoms with Crippen molar-refractivity contribution >= 4 is 45.5 Å². The van der Waals surface area contributed by atoms with Gasteiger partial charge in [-0.3, -0.25) is 0 Å². The summed E-state index contributed by atoms with van der Waals surface area (Å²) in [5.74, 6) is 0. The molecule has 0 atom stereocenters. The molecular formula is CH4N4Sr. The second-order valence-electron chi connectivity index (χ2n) is 0.603. The Morgan fingerprint density at radius 2 is 1.67 bits per heavy atom. The topological polar surface area (TPSA) is 49.4 Å². The van der Waals surface area contributed by atoms with E-state index < -0.39 is 0 Å². The summed E-state index contributed by atoms with van der Waals surface area (Å²) < 4.78 is 0. The monoisotopic (exact) mass is 160 g/mol. The molecule has 0 spiro atoms. The first-order chi connectivity index (χ1) is 2.50. The zero-order valence-electron chi connectivity index (χ0n) is 5.20. The van der Waals surface area contributed by atoms with Gasteiger partial charge in [-0.1, -0.05) is 0 Å². The second kappa shape index (κ2) is 3.86. The Kier molecular flexibility index (Phi) is 4.29. The van der Waals surface area contributed by atoms with E-state index in [0.717, 1.165) is 0 Å². The van der Waals surface area contributed by atoms with Crippen LogP contribution >= 0.6 is 0 Å². The molecule has 0 amide bonds. The fourth-order valence-corrected chi connectivity index (χ4v) is 0.141. The Labute approximate surface area is 75.0 Å². The van der Waals surface area contributed by atoms with Crippen molar-refractivity contribution in [2.24, 2.45) is 20.7 Å². The van der Waals surface area contributed by atoms with Crippen molar-refractivity contribution in [2.75, 3.05) is 6.67 Å². The van der Waals surface area contributed by atoms with Crippen molar-refractivity contribution in [2.45, 2.75) is 0 Å². The third kappa shape index (κ3) is 1.96. The van der Waals surface area contributed by atoms with Crippen LogP contribution < -0.4 is 0 Å². The minimum absolute atomic E-state index is 0. The normalized spacial score (nSPS) is 14.7. The molecule has 0 radical (unpaired) electrons. The van der Waals surface area contributed by atoms with Gasteiger partial charge in [0.25, 0.3) is 0 Å². The Morgan fingerprint density at radius 3 is 1.83 bits per heavy atom. The predicted octanol–water partition coefficient (Wildman–Crippen LogP) is 0.621. The third-order valence-electron chi connectivity index (χ3n) is 0.293. The Hall–Kier alpha value is 0.681. The van der Waals surface area contributed by atoms with Crippen LogP contribution in [0.5, 0.6) is 0 Å². The van der Waals surface area contributed by atoms with Gasteiger partial charge in [-0.15, -0.1) is 10.2 Å². The Balaban J connectivity index is -0.0000000833. The summed E-state index contributed by atoms with van der Waals surface area (Å²) in [5.41, 5.74) is 0. The molecule has 0 unspecified atom stereocenters. The molecule has 0 aromatic carbocycles. The zero-order valence-corrected chi connectivity index (χ0v) is 6.68. The second-order valence-corrected chi connectivity index (χ2v) is 0.603. The van der Waals surface area contributed by atoms with Crippen LogP contribution in [0, 0.1) is 0 Å². The van der Waals surface area contributed by atoms with Crippen LogP contribution in [0.1, 0.15) is 2.85 Å². The van der Waals surface area contributed by atoms with Gasteiger partial charge in [0.2, 0.25) is 0 Å². The first-order valence-electron chi connectivity index (χ1n) is 1.23. The van der Waals surface area contributed by atoms with Gasteiger partial charge in [-0.25, -0.2) is 0 Å². The van der Waals surface area contributed by atoms with E-state index in [0.29, 0.717) is 6.67 Å². The Morgan fingerprint density at radius 1 is 1.17 bits per heavy atom. The molecule has 1 aliphatic heterocycles. The summed E-state index contributed by atoms with van der Waals surface area (Å²) in [7, 11) is 0. The average Bonchev–Trinajstić information content (AvgIpc) is 1.76. The van der Waals surface area contributed by atoms with Gasteiger partial charge < -0.3 is 2.85 Å². The van der Waals surface area contributed by atoms with Crippen molar-refractivity contribution in [3.8, 4) is 0 Å². The van der Waals surface area contributed by atoms with Crippen LogP contribution in [0.3, 0.4) is 0 Å². The number of hydrogen-bond acceptors (Lipinski definition) is 4. The van der Waals surface area contributed by atoms with Crippen LogP contribution in [-0.2, 0) is 0 Å². The van der Waals surface area contributed by atoms with Gasteiger partial charge in [-0.05, 0) is 10.4 Å². The van der Waals surface area contributed by atoms with Gasteiger partial charge in [0.15, 0.2) is 6.67 Å². The third-order valence-corrected chi connectivity index (χ3v) is 0.293. The summed E-state index contributed by atoms with van der Waals surface area (Å²) in [4.78, 5) is 0. The van der Waals surface area contributed by atoms with Crippen LogP contribution in [0.4, 0.5) is 0 Å². The van der Waals surface area contributed by atoms with E-state index in [4.69, 9.17) is 0 Å². The van der Waals surface area contributed by atoms with Gasteiger partial charge >= 0.3 is 45.5 Å². The van der Waals surface area contributed by atoms with Crippen molar-refractivity contribution < 1.29 is 2.85 Å². The summed E-state index contributed by atoms with van der Waals surface area (Å²) in [6, 6.07) is 0. The predicted molar refractivity (Wildman–Crippen MR) is 22.6 cm³/mol. The molecule has 4 nitrogen and oxygen atoms in total. The van der Waals surface area contributed by atoms with Crippen molar-refractivity contribution in [1.29, 1.82) is 0 Å². The van der Waals surface area contributed by atoms with Gasteiger partial charge in [0.1, 0.15) is 0 Å². The standard InChI is InChI=1S/CH2N4.Sr.2H/c1-2-4-5-3-1;;;/h1H2;;;/q;+2;2*-1. The molecule has 0 bridgehead atoms. The quantitative estimate of drug-likeness (QED) is 0.466. The molecule has 0 saturated carbocycles. The van der Waals surface area contributed by atoms with E-state index in [1.165, 1.54) is 0 Å². The maximum atomic E-state index is 3.38. The number of nitrogens with zero attached hydrogens (tertiary/aromatic N) is 4. The molecule has 0 aromatic heterocycles. The van der Waals surface area contributed by atoms with E-state index in [2.05, 4.69) is 20.7 Å². The fraction of sp³-hybridized carbons (Fsp3) is 1.00. The van der Waals surface area contributed by atoms with Crippen molar-refractivity contribution in [3.63, 3.8) is 0 Å². The van der Waals surface area contributed by atoms with Crippen molar-refractivity contribution in [3.05, 3.63) is 0 Å². The summed E-state index contributed by atoms with van der Waals surface area (Å²) in [5, 5.41) is 13.1. The molecule has 1 heterocycles. The minimum atomic E-state index is 0. The van der Waals surface area contributed by atoms with E-state index in [9.17, 15) is 0 Å². The SMILES string of the molecule is C1N=NN=N1.[H-].[H-].[Sr+2]. The molecule has 0 aromatic rings. The summed E-state index contributed by atoms with van der Waals surface area (Å²) in [6.45, 7) is 0.417. The molecule has 1 rings (SSSR count). The van der Waals surface area contributed by atoms with Crippen LogP contribution in [0.15, 0.2) is 20.7 Å². The first kappa shape index (κ1) is 6.68. The molecule has 0 N–H and O–H groups in total. The molecule has 6 heavy (non-hydrogen) atoms. The smallest absolute Gasteiger partial charge is 1.00 e. The molecule has 0 fully saturated rings. The Bertz CT molecular complexity index is 72.1. The number of rotatable bonds is 0. The van der Waals surface area contributed by atoms with Crippen LogP contribution in [0.25, 0.3) is 0 Å². The van der Waals surface area contributed by atoms with E-state index in [1.807, 2.05) is 0 Å². The van der Waals surface area contributed by atoms with Crippen molar-refractivity contribution in [1.82, 2.24) is 0 Å². The average molecular weight is 160 g/mol. The van der Waals surface area contributed by atoms with Gasteiger partial charge in [0.05, 0.1) is 0 Å². The summed E-state index contributed by atoms with van der Waals surface area (Å²) >= 11 is 0. The molecule has 1 aliphatic rings. The maximum Gasteiger partial charge on any atom is 2.00 e.